The van der Waals surface area contributed by atoms with Crippen LogP contribution in [0.15, 0.2) is 11.0 Å². The molecule has 96 valence electrons. The minimum absolute atomic E-state index is 0.235. The SMILES string of the molecule is CCSCC(C)N(C)c1cnn(C)c(=O)c1Cl. The molecule has 1 unspecified atom stereocenters. The number of nitrogens with zero attached hydrogens (tertiary/aromatic N) is 3. The molecule has 0 spiro atoms. The summed E-state index contributed by atoms with van der Waals surface area (Å²) in [6.45, 7) is 4.24. The first kappa shape index (κ1) is 14.4. The van der Waals surface area contributed by atoms with E-state index in [0.717, 1.165) is 11.5 Å². The highest BCUT2D eigenvalue weighted by Crippen LogP contribution is 2.22. The minimum atomic E-state index is -0.258. The van der Waals surface area contributed by atoms with Crippen LogP contribution in [0.25, 0.3) is 0 Å². The molecule has 1 atom stereocenters. The Morgan fingerprint density at radius 2 is 2.29 bits per heavy atom. The molecular weight excluding hydrogens is 258 g/mol. The third-order valence-electron chi connectivity index (χ3n) is 2.66. The molecule has 1 rings (SSSR count). The summed E-state index contributed by atoms with van der Waals surface area (Å²) >= 11 is 7.91. The fourth-order valence-corrected chi connectivity index (χ4v) is 2.49. The van der Waals surface area contributed by atoms with E-state index in [-0.39, 0.29) is 10.6 Å². The van der Waals surface area contributed by atoms with Crippen LogP contribution in [0, 0.1) is 0 Å². The van der Waals surface area contributed by atoms with E-state index in [9.17, 15) is 4.79 Å². The third-order valence-corrected chi connectivity index (χ3v) is 4.15. The van der Waals surface area contributed by atoms with Gasteiger partial charge in [0, 0.05) is 25.9 Å². The standard InChI is InChI=1S/C11H18ClN3OS/c1-5-17-7-8(2)14(3)9-6-13-15(4)11(16)10(9)12/h6,8H,5,7H2,1-4H3. The van der Waals surface area contributed by atoms with Crippen LogP contribution in [0.3, 0.4) is 0 Å². The number of hydrogen-bond acceptors (Lipinski definition) is 4. The number of thioether (sulfide) groups is 1. The van der Waals surface area contributed by atoms with Crippen LogP contribution in [0.2, 0.25) is 5.02 Å². The predicted octanol–water partition coefficient (Wildman–Crippen LogP) is 2.01. The van der Waals surface area contributed by atoms with Crippen LogP contribution < -0.4 is 10.5 Å². The zero-order valence-electron chi connectivity index (χ0n) is 10.6. The van der Waals surface area contributed by atoms with Crippen molar-refractivity contribution in [3.8, 4) is 0 Å². The van der Waals surface area contributed by atoms with E-state index in [1.165, 1.54) is 4.68 Å². The van der Waals surface area contributed by atoms with Crippen LogP contribution in [-0.4, -0.2) is 34.4 Å². The van der Waals surface area contributed by atoms with E-state index < -0.39 is 0 Å². The third kappa shape index (κ3) is 3.39. The highest BCUT2D eigenvalue weighted by Gasteiger charge is 2.16. The molecule has 0 amide bonds. The summed E-state index contributed by atoms with van der Waals surface area (Å²) < 4.78 is 1.24. The topological polar surface area (TPSA) is 38.1 Å². The van der Waals surface area contributed by atoms with Crippen molar-refractivity contribution < 1.29 is 0 Å². The van der Waals surface area contributed by atoms with Crippen LogP contribution in [-0.2, 0) is 7.05 Å². The van der Waals surface area contributed by atoms with Crippen LogP contribution in [0.4, 0.5) is 5.69 Å². The van der Waals surface area contributed by atoms with Gasteiger partial charge in [0.15, 0.2) is 0 Å². The van der Waals surface area contributed by atoms with Gasteiger partial charge < -0.3 is 4.90 Å². The summed E-state index contributed by atoms with van der Waals surface area (Å²) in [5, 5.41) is 4.23. The Kier molecular flexibility index (Phi) is 5.33. The van der Waals surface area contributed by atoms with E-state index in [0.29, 0.717) is 11.7 Å². The zero-order valence-corrected chi connectivity index (χ0v) is 12.2. The molecule has 0 aliphatic heterocycles. The normalized spacial score (nSPS) is 12.5. The van der Waals surface area contributed by atoms with Gasteiger partial charge in [0.2, 0.25) is 0 Å². The highest BCUT2D eigenvalue weighted by molar-refractivity contribution is 7.99. The first-order valence-electron chi connectivity index (χ1n) is 5.51. The maximum atomic E-state index is 11.7. The van der Waals surface area contributed by atoms with Gasteiger partial charge in [0.1, 0.15) is 5.02 Å². The van der Waals surface area contributed by atoms with Crippen molar-refractivity contribution in [2.75, 3.05) is 23.5 Å². The van der Waals surface area contributed by atoms with E-state index in [4.69, 9.17) is 11.6 Å². The second-order valence-electron chi connectivity index (χ2n) is 3.89. The summed E-state index contributed by atoms with van der Waals surface area (Å²) in [6.07, 6.45) is 1.64. The van der Waals surface area contributed by atoms with Crippen LogP contribution in [0.1, 0.15) is 13.8 Å². The molecule has 6 heteroatoms. The Morgan fingerprint density at radius 1 is 1.65 bits per heavy atom. The maximum absolute atomic E-state index is 11.7. The second kappa shape index (κ2) is 6.31. The Hall–Kier alpha value is -0.680. The van der Waals surface area contributed by atoms with Crippen molar-refractivity contribution in [1.82, 2.24) is 9.78 Å². The molecule has 0 bridgehead atoms. The maximum Gasteiger partial charge on any atom is 0.287 e. The number of hydrogen-bond donors (Lipinski definition) is 0. The smallest absolute Gasteiger partial charge is 0.287 e. The second-order valence-corrected chi connectivity index (χ2v) is 5.59. The lowest BCUT2D eigenvalue weighted by atomic mass is 10.3. The lowest BCUT2D eigenvalue weighted by Crippen LogP contribution is -2.33. The quantitative estimate of drug-likeness (QED) is 0.824. The van der Waals surface area contributed by atoms with Crippen molar-refractivity contribution in [2.24, 2.45) is 7.05 Å². The number of aryl methyl sites for hydroxylation is 1. The zero-order chi connectivity index (χ0) is 13.0. The van der Waals surface area contributed by atoms with Crippen LogP contribution in [0.5, 0.6) is 0 Å². The largest absolute Gasteiger partial charge is 0.368 e. The van der Waals surface area contributed by atoms with Crippen molar-refractivity contribution in [2.45, 2.75) is 19.9 Å². The van der Waals surface area contributed by atoms with Crippen molar-refractivity contribution in [3.63, 3.8) is 0 Å². The Bertz CT molecular complexity index is 435. The first-order valence-corrected chi connectivity index (χ1v) is 7.04. The van der Waals surface area contributed by atoms with Gasteiger partial charge >= 0.3 is 0 Å². The number of anilines is 1. The van der Waals surface area contributed by atoms with Gasteiger partial charge in [0.25, 0.3) is 5.56 Å². The molecule has 0 fully saturated rings. The molecule has 0 radical (unpaired) electrons. The molecule has 0 saturated carbocycles. The van der Waals surface area contributed by atoms with Crippen LogP contribution >= 0.6 is 23.4 Å². The lowest BCUT2D eigenvalue weighted by Gasteiger charge is -2.27. The van der Waals surface area contributed by atoms with E-state index >= 15 is 0 Å². The molecule has 17 heavy (non-hydrogen) atoms. The van der Waals surface area contributed by atoms with Gasteiger partial charge in [-0.1, -0.05) is 18.5 Å². The molecule has 1 heterocycles. The van der Waals surface area contributed by atoms with E-state index in [1.807, 2.05) is 23.7 Å². The Labute approximate surface area is 111 Å². The molecule has 4 nitrogen and oxygen atoms in total. The van der Waals surface area contributed by atoms with E-state index in [2.05, 4.69) is 18.9 Å². The van der Waals surface area contributed by atoms with Gasteiger partial charge in [-0.2, -0.15) is 16.9 Å². The van der Waals surface area contributed by atoms with E-state index in [1.54, 1.807) is 13.2 Å². The highest BCUT2D eigenvalue weighted by atomic mass is 35.5. The Balaban J connectivity index is 2.93. The monoisotopic (exact) mass is 275 g/mol. The van der Waals surface area contributed by atoms with Gasteiger partial charge in [-0.05, 0) is 12.7 Å². The fraction of sp³-hybridized carbons (Fsp3) is 0.636. The number of aromatic nitrogens is 2. The van der Waals surface area contributed by atoms with Gasteiger partial charge in [-0.3, -0.25) is 4.79 Å². The summed E-state index contributed by atoms with van der Waals surface area (Å²) in [7, 11) is 3.53. The van der Waals surface area contributed by atoms with Gasteiger partial charge in [0.05, 0.1) is 11.9 Å². The molecule has 1 aromatic rings. The molecular formula is C11H18ClN3OS. The minimum Gasteiger partial charge on any atom is -0.368 e. The van der Waals surface area contributed by atoms with Crippen molar-refractivity contribution >= 4 is 29.1 Å². The molecule has 0 aliphatic carbocycles. The fourth-order valence-electron chi connectivity index (χ4n) is 1.39. The summed E-state index contributed by atoms with van der Waals surface area (Å²) in [5.41, 5.74) is 0.435. The molecule has 1 aromatic heterocycles. The molecule has 0 saturated heterocycles. The number of rotatable bonds is 5. The summed E-state index contributed by atoms with van der Waals surface area (Å²) in [4.78, 5) is 13.7. The predicted molar refractivity (Wildman–Crippen MR) is 75.4 cm³/mol. The lowest BCUT2D eigenvalue weighted by molar-refractivity contribution is 0.694. The molecule has 0 aromatic carbocycles. The van der Waals surface area contributed by atoms with Gasteiger partial charge in [-0.25, -0.2) is 4.68 Å². The average molecular weight is 276 g/mol. The molecule has 0 N–H and O–H groups in total. The van der Waals surface area contributed by atoms with Crippen molar-refractivity contribution in [3.05, 3.63) is 21.6 Å². The summed E-state index contributed by atoms with van der Waals surface area (Å²) in [5.74, 6) is 2.08. The average Bonchev–Trinajstić information content (AvgIpc) is 2.32. The Morgan fingerprint density at radius 3 is 2.88 bits per heavy atom. The molecule has 0 aliphatic rings. The van der Waals surface area contributed by atoms with Crippen molar-refractivity contribution in [1.29, 1.82) is 0 Å². The summed E-state index contributed by atoms with van der Waals surface area (Å²) in [6, 6.07) is 0.311. The van der Waals surface area contributed by atoms with Gasteiger partial charge in [-0.15, -0.1) is 0 Å². The first-order chi connectivity index (χ1) is 7.99. The number of halogens is 1.